The highest BCUT2D eigenvalue weighted by molar-refractivity contribution is 14.1. The van der Waals surface area contributed by atoms with Crippen molar-refractivity contribution in [3.63, 3.8) is 0 Å². The van der Waals surface area contributed by atoms with Gasteiger partial charge in [-0.2, -0.15) is 0 Å². The van der Waals surface area contributed by atoms with Crippen molar-refractivity contribution >= 4 is 40.2 Å². The first-order valence-electron chi connectivity index (χ1n) is 6.16. The van der Waals surface area contributed by atoms with Crippen molar-refractivity contribution in [1.29, 1.82) is 0 Å². The van der Waals surface area contributed by atoms with Gasteiger partial charge in [-0.25, -0.2) is 4.79 Å². The van der Waals surface area contributed by atoms with E-state index in [1.807, 2.05) is 12.1 Å². The van der Waals surface area contributed by atoms with E-state index in [4.69, 9.17) is 9.47 Å². The quantitative estimate of drug-likeness (QED) is 0.483. The summed E-state index contributed by atoms with van der Waals surface area (Å²) in [6.07, 6.45) is 0. The van der Waals surface area contributed by atoms with Gasteiger partial charge in [0.25, 0.3) is 5.91 Å². The summed E-state index contributed by atoms with van der Waals surface area (Å²) in [7, 11) is 0. The standard InChI is InChI=1S/C15H10INO4/c16-10-3-1-9(2-4-10)15(19)21-11-5-6-12-13(7-11)20-8-14(18)17-12/h1-7H,8H2,(H,17,18). The molecule has 5 nitrogen and oxygen atoms in total. The number of rotatable bonds is 2. The molecule has 1 aliphatic heterocycles. The first-order valence-corrected chi connectivity index (χ1v) is 7.24. The molecule has 2 aromatic rings. The van der Waals surface area contributed by atoms with Gasteiger partial charge in [-0.1, -0.05) is 0 Å². The second-order valence-corrected chi connectivity index (χ2v) is 5.64. The molecule has 0 unspecified atom stereocenters. The van der Waals surface area contributed by atoms with Crippen LogP contribution in [0.3, 0.4) is 0 Å². The van der Waals surface area contributed by atoms with E-state index in [1.54, 1.807) is 30.3 Å². The molecular formula is C15H10INO4. The molecule has 0 bridgehead atoms. The fraction of sp³-hybridized carbons (Fsp3) is 0.0667. The fourth-order valence-electron chi connectivity index (χ4n) is 1.87. The van der Waals surface area contributed by atoms with Crippen LogP contribution in [-0.4, -0.2) is 18.5 Å². The van der Waals surface area contributed by atoms with Gasteiger partial charge in [-0.15, -0.1) is 0 Å². The summed E-state index contributed by atoms with van der Waals surface area (Å²) in [4.78, 5) is 23.2. The number of anilines is 1. The highest BCUT2D eigenvalue weighted by Crippen LogP contribution is 2.31. The zero-order valence-corrected chi connectivity index (χ0v) is 12.9. The normalized spacial score (nSPS) is 12.9. The van der Waals surface area contributed by atoms with Crippen LogP contribution in [0.2, 0.25) is 0 Å². The van der Waals surface area contributed by atoms with Crippen LogP contribution in [0.15, 0.2) is 42.5 Å². The maximum Gasteiger partial charge on any atom is 0.343 e. The molecule has 6 heteroatoms. The molecule has 1 aliphatic rings. The summed E-state index contributed by atoms with van der Waals surface area (Å²) in [6.45, 7) is -0.0402. The molecule has 1 amide bonds. The molecule has 106 valence electrons. The number of nitrogens with one attached hydrogen (secondary N) is 1. The van der Waals surface area contributed by atoms with Crippen molar-refractivity contribution in [2.75, 3.05) is 11.9 Å². The lowest BCUT2D eigenvalue weighted by Gasteiger charge is -2.18. The lowest BCUT2D eigenvalue weighted by atomic mass is 10.2. The molecule has 0 atom stereocenters. The Kier molecular flexibility index (Phi) is 3.78. The van der Waals surface area contributed by atoms with Crippen molar-refractivity contribution in [3.05, 3.63) is 51.6 Å². The van der Waals surface area contributed by atoms with E-state index in [1.165, 1.54) is 0 Å². The average Bonchev–Trinajstić information content (AvgIpc) is 2.48. The van der Waals surface area contributed by atoms with E-state index in [2.05, 4.69) is 27.9 Å². The molecule has 0 saturated carbocycles. The van der Waals surface area contributed by atoms with Crippen molar-refractivity contribution in [2.24, 2.45) is 0 Å². The maximum atomic E-state index is 12.0. The monoisotopic (exact) mass is 395 g/mol. The number of benzene rings is 2. The van der Waals surface area contributed by atoms with Crippen LogP contribution in [0.5, 0.6) is 11.5 Å². The summed E-state index contributed by atoms with van der Waals surface area (Å²) < 4.78 is 11.6. The third-order valence-corrected chi connectivity index (χ3v) is 3.60. The molecule has 1 N–H and O–H groups in total. The van der Waals surface area contributed by atoms with E-state index in [0.29, 0.717) is 22.7 Å². The third kappa shape index (κ3) is 3.15. The van der Waals surface area contributed by atoms with Gasteiger partial charge < -0.3 is 14.8 Å². The molecular weight excluding hydrogens is 385 g/mol. The van der Waals surface area contributed by atoms with Gasteiger partial charge in [0.05, 0.1) is 11.3 Å². The highest BCUT2D eigenvalue weighted by Gasteiger charge is 2.17. The molecule has 0 radical (unpaired) electrons. The second kappa shape index (κ2) is 5.72. The Labute approximate surface area is 134 Å². The number of amides is 1. The summed E-state index contributed by atoms with van der Waals surface area (Å²) in [5, 5.41) is 2.67. The smallest absolute Gasteiger partial charge is 0.343 e. The molecule has 21 heavy (non-hydrogen) atoms. The highest BCUT2D eigenvalue weighted by atomic mass is 127. The van der Waals surface area contributed by atoms with Crippen LogP contribution in [0, 0.1) is 3.57 Å². The van der Waals surface area contributed by atoms with E-state index in [-0.39, 0.29) is 12.5 Å². The molecule has 3 rings (SSSR count). The van der Waals surface area contributed by atoms with Gasteiger partial charge in [-0.05, 0) is 59.0 Å². The number of hydrogen-bond donors (Lipinski definition) is 1. The van der Waals surface area contributed by atoms with Crippen LogP contribution in [0.4, 0.5) is 5.69 Å². The van der Waals surface area contributed by atoms with E-state index >= 15 is 0 Å². The van der Waals surface area contributed by atoms with Crippen molar-refractivity contribution in [3.8, 4) is 11.5 Å². The Bertz CT molecular complexity index is 712. The zero-order chi connectivity index (χ0) is 14.8. The number of carbonyl (C=O) groups excluding carboxylic acids is 2. The number of esters is 1. The van der Waals surface area contributed by atoms with Crippen LogP contribution in [-0.2, 0) is 4.79 Å². The molecule has 0 fully saturated rings. The van der Waals surface area contributed by atoms with Gasteiger partial charge in [0.2, 0.25) is 0 Å². The summed E-state index contributed by atoms with van der Waals surface area (Å²) in [6, 6.07) is 11.9. The Balaban J connectivity index is 1.77. The first kappa shape index (κ1) is 13.9. The molecule has 0 saturated heterocycles. The fourth-order valence-corrected chi connectivity index (χ4v) is 2.23. The van der Waals surface area contributed by atoms with Crippen LogP contribution < -0.4 is 14.8 Å². The van der Waals surface area contributed by atoms with Crippen molar-refractivity contribution in [1.82, 2.24) is 0 Å². The summed E-state index contributed by atoms with van der Waals surface area (Å²) in [5.41, 5.74) is 1.04. The van der Waals surface area contributed by atoms with Gasteiger partial charge in [0.1, 0.15) is 11.5 Å². The molecule has 0 spiro atoms. The van der Waals surface area contributed by atoms with Crippen molar-refractivity contribution < 1.29 is 19.1 Å². The molecule has 1 heterocycles. The Morgan fingerprint density at radius 3 is 2.71 bits per heavy atom. The Hall–Kier alpha value is -2.09. The van der Waals surface area contributed by atoms with Gasteiger partial charge in [0.15, 0.2) is 6.61 Å². The van der Waals surface area contributed by atoms with E-state index in [0.717, 1.165) is 3.57 Å². The van der Waals surface area contributed by atoms with Gasteiger partial charge >= 0.3 is 5.97 Å². The zero-order valence-electron chi connectivity index (χ0n) is 10.8. The summed E-state index contributed by atoms with van der Waals surface area (Å²) in [5.74, 6) is 0.216. The number of ether oxygens (including phenoxy) is 2. The average molecular weight is 395 g/mol. The number of carbonyl (C=O) groups is 2. The number of halogens is 1. The predicted octanol–water partition coefficient (Wildman–Crippen LogP) is 2.84. The predicted molar refractivity (Wildman–Crippen MR) is 84.7 cm³/mol. The maximum absolute atomic E-state index is 12.0. The molecule has 2 aromatic carbocycles. The second-order valence-electron chi connectivity index (χ2n) is 4.39. The van der Waals surface area contributed by atoms with E-state index in [9.17, 15) is 9.59 Å². The lowest BCUT2D eigenvalue weighted by molar-refractivity contribution is -0.118. The number of hydrogen-bond acceptors (Lipinski definition) is 4. The third-order valence-electron chi connectivity index (χ3n) is 2.88. The minimum Gasteiger partial charge on any atom is -0.481 e. The minimum absolute atomic E-state index is 0.0402. The van der Waals surface area contributed by atoms with Crippen LogP contribution >= 0.6 is 22.6 Å². The topological polar surface area (TPSA) is 64.6 Å². The van der Waals surface area contributed by atoms with Gasteiger partial charge in [0, 0.05) is 9.64 Å². The number of fused-ring (bicyclic) bond motifs is 1. The van der Waals surface area contributed by atoms with E-state index < -0.39 is 5.97 Å². The minimum atomic E-state index is -0.439. The van der Waals surface area contributed by atoms with Crippen LogP contribution in [0.1, 0.15) is 10.4 Å². The Morgan fingerprint density at radius 1 is 1.19 bits per heavy atom. The largest absolute Gasteiger partial charge is 0.481 e. The lowest BCUT2D eigenvalue weighted by Crippen LogP contribution is -2.25. The molecule has 0 aromatic heterocycles. The molecule has 0 aliphatic carbocycles. The van der Waals surface area contributed by atoms with Crippen LogP contribution in [0.25, 0.3) is 0 Å². The summed E-state index contributed by atoms with van der Waals surface area (Å²) >= 11 is 2.17. The van der Waals surface area contributed by atoms with Gasteiger partial charge in [-0.3, -0.25) is 4.79 Å². The SMILES string of the molecule is O=C1COc2cc(OC(=O)c3ccc(I)cc3)ccc2N1. The first-order chi connectivity index (χ1) is 10.1. The Morgan fingerprint density at radius 2 is 1.95 bits per heavy atom. The van der Waals surface area contributed by atoms with Crippen molar-refractivity contribution in [2.45, 2.75) is 0 Å².